The van der Waals surface area contributed by atoms with Gasteiger partial charge in [0.05, 0.1) is 13.2 Å². The molecule has 0 saturated heterocycles. The van der Waals surface area contributed by atoms with Gasteiger partial charge in [-0.15, -0.1) is 0 Å². The van der Waals surface area contributed by atoms with Crippen molar-refractivity contribution < 1.29 is 14.6 Å². The zero-order valence-electron chi connectivity index (χ0n) is 11.9. The summed E-state index contributed by atoms with van der Waals surface area (Å²) in [7, 11) is 1.64. The molecule has 104 valence electrons. The van der Waals surface area contributed by atoms with Gasteiger partial charge in [0, 0.05) is 11.5 Å². The topological polar surface area (TPSA) is 46.5 Å². The highest BCUT2D eigenvalue weighted by atomic mass is 16.5. The van der Waals surface area contributed by atoms with Gasteiger partial charge in [-0.2, -0.15) is 0 Å². The van der Waals surface area contributed by atoms with E-state index in [4.69, 9.17) is 4.74 Å². The molecule has 2 rings (SSSR count). The number of ketones is 1. The van der Waals surface area contributed by atoms with Crippen molar-refractivity contribution in [2.24, 2.45) is 5.92 Å². The minimum atomic E-state index is -0.220. The molecule has 1 aliphatic rings. The lowest BCUT2D eigenvalue weighted by atomic mass is 9.81. The summed E-state index contributed by atoms with van der Waals surface area (Å²) in [5.74, 6) is 1.11. The summed E-state index contributed by atoms with van der Waals surface area (Å²) in [6.07, 6.45) is 2.85. The van der Waals surface area contributed by atoms with Crippen molar-refractivity contribution in [3.05, 3.63) is 28.8 Å². The maximum absolute atomic E-state index is 12.6. The third kappa shape index (κ3) is 2.98. The molecule has 0 bridgehead atoms. The molecule has 1 N–H and O–H groups in total. The molecule has 1 aromatic carbocycles. The molecule has 3 nitrogen and oxygen atoms in total. The van der Waals surface area contributed by atoms with Crippen molar-refractivity contribution in [3.63, 3.8) is 0 Å². The van der Waals surface area contributed by atoms with Crippen LogP contribution in [0.4, 0.5) is 0 Å². The van der Waals surface area contributed by atoms with Gasteiger partial charge in [-0.1, -0.05) is 0 Å². The van der Waals surface area contributed by atoms with Crippen LogP contribution in [-0.2, 0) is 0 Å². The summed E-state index contributed by atoms with van der Waals surface area (Å²) in [6, 6.07) is 3.86. The summed E-state index contributed by atoms with van der Waals surface area (Å²) in [6.45, 7) is 3.91. The zero-order valence-corrected chi connectivity index (χ0v) is 11.9. The van der Waals surface area contributed by atoms with E-state index in [1.807, 2.05) is 26.0 Å². The van der Waals surface area contributed by atoms with Crippen LogP contribution < -0.4 is 4.74 Å². The third-order valence-corrected chi connectivity index (χ3v) is 4.07. The second kappa shape index (κ2) is 5.74. The Morgan fingerprint density at radius 2 is 1.79 bits per heavy atom. The van der Waals surface area contributed by atoms with Gasteiger partial charge in [0.1, 0.15) is 5.75 Å². The van der Waals surface area contributed by atoms with Crippen LogP contribution in [0.5, 0.6) is 5.75 Å². The average molecular weight is 262 g/mol. The van der Waals surface area contributed by atoms with E-state index in [1.165, 1.54) is 0 Å². The van der Waals surface area contributed by atoms with Crippen LogP contribution in [0.15, 0.2) is 12.1 Å². The Labute approximate surface area is 114 Å². The number of aliphatic hydroxyl groups is 1. The number of hydrogen-bond acceptors (Lipinski definition) is 3. The van der Waals surface area contributed by atoms with Crippen LogP contribution in [0.3, 0.4) is 0 Å². The standard InChI is InChI=1S/C16H22O3/c1-10-9-15(19-3)11(2)8-14(10)16(18)12-4-6-13(17)7-5-12/h8-9,12-13,17H,4-7H2,1-3H3. The zero-order chi connectivity index (χ0) is 14.0. The van der Waals surface area contributed by atoms with Gasteiger partial charge in [0.15, 0.2) is 5.78 Å². The number of aliphatic hydroxyl groups excluding tert-OH is 1. The number of carbonyl (C=O) groups is 1. The molecule has 0 unspecified atom stereocenters. The van der Waals surface area contributed by atoms with Crippen LogP contribution >= 0.6 is 0 Å². The molecule has 0 aliphatic heterocycles. The fourth-order valence-electron chi connectivity index (χ4n) is 2.83. The summed E-state index contributed by atoms with van der Waals surface area (Å²) in [4.78, 5) is 12.6. The number of methoxy groups -OCH3 is 1. The lowest BCUT2D eigenvalue weighted by molar-refractivity contribution is 0.0764. The van der Waals surface area contributed by atoms with E-state index >= 15 is 0 Å². The lowest BCUT2D eigenvalue weighted by Crippen LogP contribution is -2.24. The number of Topliss-reactive ketones (excluding diaryl/α,β-unsaturated/α-hetero) is 1. The van der Waals surface area contributed by atoms with Crippen LogP contribution in [0, 0.1) is 19.8 Å². The van der Waals surface area contributed by atoms with E-state index in [0.29, 0.717) is 0 Å². The molecular weight excluding hydrogens is 240 g/mol. The summed E-state index contributed by atoms with van der Waals surface area (Å²) >= 11 is 0. The minimum absolute atomic E-state index is 0.0647. The maximum atomic E-state index is 12.6. The average Bonchev–Trinajstić information content (AvgIpc) is 2.41. The van der Waals surface area contributed by atoms with E-state index in [9.17, 15) is 9.90 Å². The summed E-state index contributed by atoms with van der Waals surface area (Å²) < 4.78 is 5.28. The van der Waals surface area contributed by atoms with Crippen molar-refractivity contribution in [2.45, 2.75) is 45.6 Å². The van der Waals surface area contributed by atoms with Gasteiger partial charge in [-0.25, -0.2) is 0 Å². The Kier molecular flexibility index (Phi) is 4.25. The van der Waals surface area contributed by atoms with Crippen LogP contribution in [0.25, 0.3) is 0 Å². The molecule has 1 aliphatic carbocycles. The van der Waals surface area contributed by atoms with Crippen molar-refractivity contribution >= 4 is 5.78 Å². The van der Waals surface area contributed by atoms with Crippen LogP contribution in [0.1, 0.15) is 47.2 Å². The van der Waals surface area contributed by atoms with Gasteiger partial charge in [0.25, 0.3) is 0 Å². The molecule has 19 heavy (non-hydrogen) atoms. The first-order valence-corrected chi connectivity index (χ1v) is 6.90. The first kappa shape index (κ1) is 14.1. The largest absolute Gasteiger partial charge is 0.496 e. The molecule has 0 radical (unpaired) electrons. The fraction of sp³-hybridized carbons (Fsp3) is 0.562. The van der Waals surface area contributed by atoms with E-state index < -0.39 is 0 Å². The van der Waals surface area contributed by atoms with Crippen molar-refractivity contribution in [1.82, 2.24) is 0 Å². The Morgan fingerprint density at radius 3 is 2.37 bits per heavy atom. The predicted molar refractivity (Wildman–Crippen MR) is 74.8 cm³/mol. The smallest absolute Gasteiger partial charge is 0.166 e. The monoisotopic (exact) mass is 262 g/mol. The Balaban J connectivity index is 2.22. The van der Waals surface area contributed by atoms with Gasteiger partial charge < -0.3 is 9.84 Å². The number of rotatable bonds is 3. The maximum Gasteiger partial charge on any atom is 0.166 e. The molecular formula is C16H22O3. The molecule has 3 heteroatoms. The van der Waals surface area contributed by atoms with E-state index in [0.717, 1.165) is 48.1 Å². The van der Waals surface area contributed by atoms with E-state index in [2.05, 4.69) is 0 Å². The summed E-state index contributed by atoms with van der Waals surface area (Å²) in [5.41, 5.74) is 2.77. The van der Waals surface area contributed by atoms with Crippen LogP contribution in [-0.4, -0.2) is 24.1 Å². The first-order valence-electron chi connectivity index (χ1n) is 6.90. The molecule has 0 heterocycles. The molecule has 1 aromatic rings. The van der Waals surface area contributed by atoms with Gasteiger partial charge >= 0.3 is 0 Å². The summed E-state index contributed by atoms with van der Waals surface area (Å²) in [5, 5.41) is 9.52. The highest BCUT2D eigenvalue weighted by Crippen LogP contribution is 2.30. The molecule has 0 spiro atoms. The van der Waals surface area contributed by atoms with Gasteiger partial charge in [0.2, 0.25) is 0 Å². The van der Waals surface area contributed by atoms with E-state index in [1.54, 1.807) is 7.11 Å². The number of benzene rings is 1. The van der Waals surface area contributed by atoms with Crippen LogP contribution in [0.2, 0.25) is 0 Å². The Bertz CT molecular complexity index is 471. The highest BCUT2D eigenvalue weighted by molar-refractivity contribution is 5.99. The Hall–Kier alpha value is -1.35. The van der Waals surface area contributed by atoms with Gasteiger partial charge in [-0.3, -0.25) is 4.79 Å². The SMILES string of the molecule is COc1cc(C)c(C(=O)C2CCC(O)CC2)cc1C. The van der Waals surface area contributed by atoms with Crippen molar-refractivity contribution in [2.75, 3.05) is 7.11 Å². The number of carbonyl (C=O) groups excluding carboxylic acids is 1. The Morgan fingerprint density at radius 1 is 1.16 bits per heavy atom. The van der Waals surface area contributed by atoms with Crippen molar-refractivity contribution in [1.29, 1.82) is 0 Å². The van der Waals surface area contributed by atoms with Gasteiger partial charge in [-0.05, 0) is 62.8 Å². The second-order valence-corrected chi connectivity index (χ2v) is 5.51. The third-order valence-electron chi connectivity index (χ3n) is 4.07. The predicted octanol–water partition coefficient (Wildman–Crippen LogP) is 3.05. The number of hydrogen-bond donors (Lipinski definition) is 1. The number of aryl methyl sites for hydroxylation is 2. The molecule has 1 fully saturated rings. The normalized spacial score (nSPS) is 23.2. The fourth-order valence-corrected chi connectivity index (χ4v) is 2.83. The molecule has 0 atom stereocenters. The highest BCUT2D eigenvalue weighted by Gasteiger charge is 2.27. The molecule has 1 saturated carbocycles. The molecule has 0 aromatic heterocycles. The van der Waals surface area contributed by atoms with Crippen molar-refractivity contribution in [3.8, 4) is 5.75 Å². The minimum Gasteiger partial charge on any atom is -0.496 e. The quantitative estimate of drug-likeness (QED) is 0.852. The first-order chi connectivity index (χ1) is 9.02. The number of ether oxygens (including phenoxy) is 1. The second-order valence-electron chi connectivity index (χ2n) is 5.51. The lowest BCUT2D eigenvalue weighted by Gasteiger charge is -2.25. The molecule has 0 amide bonds. The van der Waals surface area contributed by atoms with E-state index in [-0.39, 0.29) is 17.8 Å².